The lowest BCUT2D eigenvalue weighted by Crippen LogP contribution is -2.28. The monoisotopic (exact) mass is 317 g/mol. The molecule has 1 aliphatic rings. The number of carboxylic acids is 2. The number of hydrogen-bond donors (Lipinski definition) is 3. The summed E-state index contributed by atoms with van der Waals surface area (Å²) in [6, 6.07) is 10.4. The maximum atomic E-state index is 10.8. The SMILES string of the molecule is CC1(C(=O)O)C=CC=C(C(=O)O)C1.NCCCc1ccccc1. The van der Waals surface area contributed by atoms with E-state index in [0.29, 0.717) is 0 Å². The van der Waals surface area contributed by atoms with E-state index < -0.39 is 17.4 Å². The zero-order valence-electron chi connectivity index (χ0n) is 13.2. The number of hydrogen-bond acceptors (Lipinski definition) is 3. The Hall–Kier alpha value is -2.40. The third-order valence-corrected chi connectivity index (χ3v) is 3.59. The van der Waals surface area contributed by atoms with E-state index in [1.165, 1.54) is 30.7 Å². The third-order valence-electron chi connectivity index (χ3n) is 3.59. The zero-order chi connectivity index (χ0) is 17.3. The molecule has 0 aromatic heterocycles. The molecule has 1 aromatic carbocycles. The number of allylic oxidation sites excluding steroid dienone is 2. The van der Waals surface area contributed by atoms with E-state index in [9.17, 15) is 9.59 Å². The van der Waals surface area contributed by atoms with Gasteiger partial charge in [-0.05, 0) is 38.3 Å². The molecule has 0 fully saturated rings. The van der Waals surface area contributed by atoms with Gasteiger partial charge in [-0.25, -0.2) is 4.79 Å². The predicted octanol–water partition coefficient (Wildman–Crippen LogP) is 2.63. The van der Waals surface area contributed by atoms with Crippen molar-refractivity contribution in [1.82, 2.24) is 0 Å². The first kappa shape index (κ1) is 18.6. The second kappa shape index (κ2) is 8.90. The minimum atomic E-state index is -1.08. The van der Waals surface area contributed by atoms with E-state index in [1.54, 1.807) is 0 Å². The fourth-order valence-corrected chi connectivity index (χ4v) is 2.13. The van der Waals surface area contributed by atoms with Crippen LogP contribution < -0.4 is 5.73 Å². The smallest absolute Gasteiger partial charge is 0.331 e. The van der Waals surface area contributed by atoms with Crippen LogP contribution >= 0.6 is 0 Å². The van der Waals surface area contributed by atoms with Gasteiger partial charge >= 0.3 is 11.9 Å². The van der Waals surface area contributed by atoms with Crippen LogP contribution in [0.25, 0.3) is 0 Å². The van der Waals surface area contributed by atoms with Crippen LogP contribution in [0.5, 0.6) is 0 Å². The van der Waals surface area contributed by atoms with Crippen LogP contribution in [0.2, 0.25) is 0 Å². The minimum absolute atomic E-state index is 0.0359. The predicted molar refractivity (Wildman–Crippen MR) is 89.0 cm³/mol. The molecule has 0 bridgehead atoms. The van der Waals surface area contributed by atoms with E-state index >= 15 is 0 Å². The van der Waals surface area contributed by atoms with Gasteiger partial charge in [-0.1, -0.05) is 48.6 Å². The molecular weight excluding hydrogens is 294 g/mol. The molecule has 1 atom stereocenters. The van der Waals surface area contributed by atoms with Crippen LogP contribution in [0.4, 0.5) is 0 Å². The van der Waals surface area contributed by atoms with Gasteiger partial charge in [-0.15, -0.1) is 0 Å². The van der Waals surface area contributed by atoms with E-state index in [4.69, 9.17) is 15.9 Å². The average Bonchev–Trinajstić information content (AvgIpc) is 2.54. The fraction of sp³-hybridized carbons (Fsp3) is 0.333. The molecule has 5 heteroatoms. The Bertz CT molecular complexity index is 592. The molecule has 5 nitrogen and oxygen atoms in total. The van der Waals surface area contributed by atoms with Gasteiger partial charge in [0.05, 0.1) is 5.41 Å². The van der Waals surface area contributed by atoms with Crippen LogP contribution in [0.15, 0.2) is 54.1 Å². The van der Waals surface area contributed by atoms with Crippen LogP contribution in [0.1, 0.15) is 25.3 Å². The molecule has 23 heavy (non-hydrogen) atoms. The number of benzene rings is 1. The Morgan fingerprint density at radius 1 is 1.22 bits per heavy atom. The van der Waals surface area contributed by atoms with Crippen LogP contribution in [0.3, 0.4) is 0 Å². The van der Waals surface area contributed by atoms with Gasteiger partial charge in [0.25, 0.3) is 0 Å². The lowest BCUT2D eigenvalue weighted by atomic mass is 9.80. The molecule has 1 aliphatic carbocycles. The van der Waals surface area contributed by atoms with E-state index in [-0.39, 0.29) is 12.0 Å². The number of aryl methyl sites for hydroxylation is 1. The highest BCUT2D eigenvalue weighted by molar-refractivity contribution is 5.90. The largest absolute Gasteiger partial charge is 0.481 e. The Morgan fingerprint density at radius 2 is 1.87 bits per heavy atom. The molecule has 1 unspecified atom stereocenters. The molecule has 1 aromatic rings. The Labute approximate surface area is 136 Å². The van der Waals surface area contributed by atoms with Crippen molar-refractivity contribution in [3.05, 3.63) is 59.7 Å². The van der Waals surface area contributed by atoms with E-state index in [1.807, 2.05) is 6.07 Å². The molecule has 124 valence electrons. The van der Waals surface area contributed by atoms with Crippen molar-refractivity contribution in [2.75, 3.05) is 6.54 Å². The lowest BCUT2D eigenvalue weighted by molar-refractivity contribution is -0.145. The Morgan fingerprint density at radius 3 is 2.39 bits per heavy atom. The summed E-state index contributed by atoms with van der Waals surface area (Å²) in [7, 11) is 0. The first-order chi connectivity index (χ1) is 10.9. The molecule has 0 saturated carbocycles. The quantitative estimate of drug-likeness (QED) is 0.775. The molecule has 4 N–H and O–H groups in total. The molecule has 0 radical (unpaired) electrons. The first-order valence-corrected chi connectivity index (χ1v) is 7.48. The van der Waals surface area contributed by atoms with Crippen molar-refractivity contribution in [1.29, 1.82) is 0 Å². The Balaban J connectivity index is 0.000000238. The van der Waals surface area contributed by atoms with Crippen molar-refractivity contribution in [2.45, 2.75) is 26.2 Å². The van der Waals surface area contributed by atoms with Crippen molar-refractivity contribution >= 4 is 11.9 Å². The van der Waals surface area contributed by atoms with Crippen LogP contribution in [0, 0.1) is 5.41 Å². The first-order valence-electron chi connectivity index (χ1n) is 7.48. The van der Waals surface area contributed by atoms with Crippen LogP contribution in [-0.4, -0.2) is 28.7 Å². The normalized spacial score (nSPS) is 19.3. The molecule has 0 aliphatic heterocycles. The third kappa shape index (κ3) is 6.08. The summed E-state index contributed by atoms with van der Waals surface area (Å²) in [4.78, 5) is 21.3. The van der Waals surface area contributed by atoms with Crippen molar-refractivity contribution < 1.29 is 19.8 Å². The number of carbonyl (C=O) groups is 2. The fourth-order valence-electron chi connectivity index (χ4n) is 2.13. The molecule has 0 heterocycles. The topological polar surface area (TPSA) is 101 Å². The molecular formula is C18H23NO4. The zero-order valence-corrected chi connectivity index (χ0v) is 13.2. The lowest BCUT2D eigenvalue weighted by Gasteiger charge is -2.23. The molecule has 0 saturated heterocycles. The van der Waals surface area contributed by atoms with Gasteiger partial charge in [0.1, 0.15) is 0 Å². The average molecular weight is 317 g/mol. The second-order valence-corrected chi connectivity index (χ2v) is 5.63. The van der Waals surface area contributed by atoms with E-state index in [2.05, 4.69) is 24.3 Å². The number of rotatable bonds is 5. The van der Waals surface area contributed by atoms with Gasteiger partial charge < -0.3 is 15.9 Å². The van der Waals surface area contributed by atoms with Gasteiger partial charge in [-0.3, -0.25) is 4.79 Å². The van der Waals surface area contributed by atoms with Crippen molar-refractivity contribution in [3.63, 3.8) is 0 Å². The highest BCUT2D eigenvalue weighted by Gasteiger charge is 2.34. The summed E-state index contributed by atoms with van der Waals surface area (Å²) < 4.78 is 0. The molecule has 0 spiro atoms. The summed E-state index contributed by atoms with van der Waals surface area (Å²) in [5.74, 6) is -2.06. The van der Waals surface area contributed by atoms with Gasteiger partial charge in [0.2, 0.25) is 0 Å². The van der Waals surface area contributed by atoms with Gasteiger partial charge in [0, 0.05) is 5.57 Å². The van der Waals surface area contributed by atoms with Crippen molar-refractivity contribution in [3.8, 4) is 0 Å². The number of nitrogens with two attached hydrogens (primary N) is 1. The summed E-state index contributed by atoms with van der Waals surface area (Å²) >= 11 is 0. The van der Waals surface area contributed by atoms with Crippen LogP contribution in [-0.2, 0) is 16.0 Å². The molecule has 0 amide bonds. The highest BCUT2D eigenvalue weighted by Crippen LogP contribution is 2.31. The van der Waals surface area contributed by atoms with Gasteiger partial charge in [0.15, 0.2) is 0 Å². The second-order valence-electron chi connectivity index (χ2n) is 5.63. The molecule has 2 rings (SSSR count). The Kier molecular flexibility index (Phi) is 7.22. The van der Waals surface area contributed by atoms with Gasteiger partial charge in [-0.2, -0.15) is 0 Å². The maximum Gasteiger partial charge on any atom is 0.331 e. The summed E-state index contributed by atoms with van der Waals surface area (Å²) in [6.07, 6.45) is 6.63. The number of carboxylic acid groups (broad SMARTS) is 2. The number of aliphatic carboxylic acids is 2. The highest BCUT2D eigenvalue weighted by atomic mass is 16.4. The minimum Gasteiger partial charge on any atom is -0.481 e. The summed E-state index contributed by atoms with van der Waals surface area (Å²) in [6.45, 7) is 2.29. The summed E-state index contributed by atoms with van der Waals surface area (Å²) in [5.41, 5.74) is 5.81. The standard InChI is InChI=1S/C9H13N.C9H10O4/c10-8-4-7-9-5-2-1-3-6-9;1-9(8(12)13)4-2-3-6(5-9)7(10)11/h1-3,5-6H,4,7-8,10H2;2-4H,5H2,1H3,(H,10,11)(H,12,13). The van der Waals surface area contributed by atoms with E-state index in [0.717, 1.165) is 19.4 Å². The maximum absolute atomic E-state index is 10.8. The van der Waals surface area contributed by atoms with Crippen molar-refractivity contribution in [2.24, 2.45) is 11.1 Å². The summed E-state index contributed by atoms with van der Waals surface area (Å²) in [5, 5.41) is 17.5.